The fraction of sp³-hybridized carbons (Fsp3) is 0.304. The number of thiophene rings is 1. The van der Waals surface area contributed by atoms with Crippen LogP contribution in [0.4, 0.5) is 0 Å². The molecule has 4 aromatic rings. The molecule has 30 heavy (non-hydrogen) atoms. The minimum atomic E-state index is -0.407. The molecular formula is C23H23N3O3S. The number of rotatable bonds is 6. The fourth-order valence-electron chi connectivity index (χ4n) is 3.80. The van der Waals surface area contributed by atoms with E-state index in [4.69, 9.17) is 13.9 Å². The summed E-state index contributed by atoms with van der Waals surface area (Å²) in [7, 11) is 1.65. The van der Waals surface area contributed by atoms with Gasteiger partial charge in [0.2, 0.25) is 5.89 Å². The van der Waals surface area contributed by atoms with Gasteiger partial charge in [0.1, 0.15) is 11.0 Å². The Bertz CT molecular complexity index is 1120. The van der Waals surface area contributed by atoms with Crippen LogP contribution in [0.15, 0.2) is 59.0 Å². The first-order chi connectivity index (χ1) is 14.8. The minimum absolute atomic E-state index is 0.182. The number of ether oxygens (including phenoxy) is 2. The smallest absolute Gasteiger partial charge is 0.261 e. The molecule has 154 valence electrons. The number of aromatic nitrogens is 2. The Balaban J connectivity index is 1.52. The molecule has 0 saturated carbocycles. The molecule has 1 aliphatic heterocycles. The average Bonchev–Trinajstić information content (AvgIpc) is 3.41. The van der Waals surface area contributed by atoms with Gasteiger partial charge in [-0.1, -0.05) is 42.5 Å². The number of fused-ring (bicyclic) bond motifs is 1. The third-order valence-electron chi connectivity index (χ3n) is 5.32. The normalized spacial score (nSPS) is 16.0. The van der Waals surface area contributed by atoms with Gasteiger partial charge in [0.25, 0.3) is 5.89 Å². The van der Waals surface area contributed by atoms with Crippen LogP contribution in [0.2, 0.25) is 0 Å². The molecule has 2 aromatic heterocycles. The van der Waals surface area contributed by atoms with Crippen molar-refractivity contribution in [3.63, 3.8) is 0 Å². The lowest BCUT2D eigenvalue weighted by atomic mass is 10.1. The van der Waals surface area contributed by atoms with E-state index in [0.29, 0.717) is 11.8 Å². The Morgan fingerprint density at radius 2 is 1.80 bits per heavy atom. The molecule has 5 rings (SSSR count). The van der Waals surface area contributed by atoms with Crippen LogP contribution in [0.3, 0.4) is 0 Å². The predicted octanol–water partition coefficient (Wildman–Crippen LogP) is 4.82. The molecule has 0 spiro atoms. The van der Waals surface area contributed by atoms with Crippen LogP contribution >= 0.6 is 11.3 Å². The van der Waals surface area contributed by atoms with Gasteiger partial charge in [0.05, 0.1) is 0 Å². The van der Waals surface area contributed by atoms with Gasteiger partial charge in [-0.2, -0.15) is 0 Å². The summed E-state index contributed by atoms with van der Waals surface area (Å²) in [6, 6.07) is 18.1. The highest BCUT2D eigenvalue weighted by Gasteiger charge is 2.26. The van der Waals surface area contributed by atoms with Gasteiger partial charge in [-0.05, 0) is 43.6 Å². The van der Waals surface area contributed by atoms with E-state index < -0.39 is 6.10 Å². The molecule has 1 fully saturated rings. The fourth-order valence-corrected chi connectivity index (χ4v) is 4.86. The van der Waals surface area contributed by atoms with Crippen LogP contribution in [-0.2, 0) is 4.74 Å². The van der Waals surface area contributed by atoms with Crippen molar-refractivity contribution in [1.82, 2.24) is 15.5 Å². The lowest BCUT2D eigenvalue weighted by Gasteiger charge is -2.24. The molecule has 3 heterocycles. The van der Waals surface area contributed by atoms with E-state index in [2.05, 4.69) is 27.6 Å². The maximum atomic E-state index is 6.49. The molecule has 0 bridgehead atoms. The van der Waals surface area contributed by atoms with Gasteiger partial charge in [-0.15, -0.1) is 21.5 Å². The summed E-state index contributed by atoms with van der Waals surface area (Å²) in [6.45, 7) is 1.94. The third-order valence-corrected chi connectivity index (χ3v) is 6.46. The van der Waals surface area contributed by atoms with Crippen molar-refractivity contribution >= 4 is 21.4 Å². The summed E-state index contributed by atoms with van der Waals surface area (Å²) in [5, 5.41) is 13.1. The maximum Gasteiger partial charge on any atom is 0.261 e. The number of nitrogens with zero attached hydrogens (tertiary/aromatic N) is 2. The first-order valence-electron chi connectivity index (χ1n) is 10.1. The predicted molar refractivity (Wildman–Crippen MR) is 117 cm³/mol. The van der Waals surface area contributed by atoms with Gasteiger partial charge in [0.15, 0.2) is 11.9 Å². The first kappa shape index (κ1) is 19.2. The molecule has 1 unspecified atom stereocenters. The van der Waals surface area contributed by atoms with Crippen LogP contribution in [0.25, 0.3) is 20.9 Å². The van der Waals surface area contributed by atoms with Crippen LogP contribution in [-0.4, -0.2) is 36.5 Å². The number of nitrogens with one attached hydrogen (secondary N) is 1. The molecule has 2 aromatic carbocycles. The number of hydrogen-bond acceptors (Lipinski definition) is 7. The van der Waals surface area contributed by atoms with E-state index >= 15 is 0 Å². The molecule has 6 nitrogen and oxygen atoms in total. The molecule has 1 aliphatic rings. The minimum Gasteiger partial charge on any atom is -0.488 e. The Morgan fingerprint density at radius 3 is 2.60 bits per heavy atom. The molecule has 0 amide bonds. The topological polar surface area (TPSA) is 69.4 Å². The van der Waals surface area contributed by atoms with Crippen LogP contribution in [0, 0.1) is 0 Å². The van der Waals surface area contributed by atoms with Crippen molar-refractivity contribution in [2.75, 3.05) is 20.2 Å². The molecule has 7 heteroatoms. The Hall–Kier alpha value is -2.74. The highest BCUT2D eigenvalue weighted by molar-refractivity contribution is 7.22. The highest BCUT2D eigenvalue weighted by Crippen LogP contribution is 2.45. The van der Waals surface area contributed by atoms with Crippen LogP contribution < -0.4 is 10.1 Å². The first-order valence-corrected chi connectivity index (χ1v) is 11.0. The van der Waals surface area contributed by atoms with Gasteiger partial charge < -0.3 is 19.2 Å². The average molecular weight is 422 g/mol. The summed E-state index contributed by atoms with van der Waals surface area (Å²) >= 11 is 1.62. The van der Waals surface area contributed by atoms with E-state index in [1.807, 2.05) is 42.5 Å². The van der Waals surface area contributed by atoms with E-state index in [0.717, 1.165) is 52.2 Å². The van der Waals surface area contributed by atoms with E-state index in [1.54, 1.807) is 18.4 Å². The summed E-state index contributed by atoms with van der Waals surface area (Å²) in [4.78, 5) is 0.872. The number of hydrogen-bond donors (Lipinski definition) is 1. The Morgan fingerprint density at radius 1 is 1.03 bits per heavy atom. The Labute approximate surface area is 178 Å². The van der Waals surface area contributed by atoms with Gasteiger partial charge >= 0.3 is 0 Å². The van der Waals surface area contributed by atoms with Gasteiger partial charge in [-0.25, -0.2) is 0 Å². The zero-order chi connectivity index (χ0) is 20.3. The maximum absolute atomic E-state index is 6.49. The lowest BCUT2D eigenvalue weighted by molar-refractivity contribution is 0.112. The standard InChI is InChI=1S/C23H23N3O3S/c1-27-19(15-7-3-2-4-8-15)22-25-26-23(29-22)21-20(28-16-11-13-24-14-12-16)17-9-5-6-10-18(17)30-21/h2-10,16,19,24H,11-14H2,1H3. The van der Waals surface area contributed by atoms with Crippen molar-refractivity contribution in [3.05, 3.63) is 66.1 Å². The summed E-state index contributed by atoms with van der Waals surface area (Å²) < 4.78 is 19.4. The largest absolute Gasteiger partial charge is 0.488 e. The van der Waals surface area contributed by atoms with Crippen LogP contribution in [0.5, 0.6) is 5.75 Å². The van der Waals surface area contributed by atoms with E-state index in [1.165, 1.54) is 0 Å². The summed E-state index contributed by atoms with van der Waals surface area (Å²) in [6.07, 6.45) is 1.74. The zero-order valence-corrected chi connectivity index (χ0v) is 17.5. The molecule has 0 aliphatic carbocycles. The summed E-state index contributed by atoms with van der Waals surface area (Å²) in [5.74, 6) is 1.74. The van der Waals surface area contributed by atoms with Crippen molar-refractivity contribution in [1.29, 1.82) is 0 Å². The second-order valence-corrected chi connectivity index (χ2v) is 8.35. The number of piperidine rings is 1. The highest BCUT2D eigenvalue weighted by atomic mass is 32.1. The summed E-state index contributed by atoms with van der Waals surface area (Å²) in [5.41, 5.74) is 0.970. The van der Waals surface area contributed by atoms with E-state index in [-0.39, 0.29) is 6.10 Å². The third kappa shape index (κ3) is 3.71. The molecule has 0 radical (unpaired) electrons. The van der Waals surface area contributed by atoms with Gasteiger partial charge in [0, 0.05) is 17.2 Å². The lowest BCUT2D eigenvalue weighted by Crippen LogP contribution is -2.34. The second kappa shape index (κ2) is 8.55. The molecular weight excluding hydrogens is 398 g/mol. The van der Waals surface area contributed by atoms with Crippen molar-refractivity contribution < 1.29 is 13.9 Å². The SMILES string of the molecule is COC(c1ccccc1)c1nnc(-c2sc3ccccc3c2OC2CCNCC2)o1. The quantitative estimate of drug-likeness (QED) is 0.481. The Kier molecular flexibility index (Phi) is 5.48. The number of benzene rings is 2. The zero-order valence-electron chi connectivity index (χ0n) is 16.7. The monoisotopic (exact) mass is 421 g/mol. The van der Waals surface area contributed by atoms with Crippen molar-refractivity contribution in [3.8, 4) is 16.5 Å². The number of methoxy groups -OCH3 is 1. The molecule has 1 N–H and O–H groups in total. The molecule has 1 atom stereocenters. The van der Waals surface area contributed by atoms with Crippen molar-refractivity contribution in [2.45, 2.75) is 25.0 Å². The van der Waals surface area contributed by atoms with Gasteiger partial charge in [-0.3, -0.25) is 0 Å². The van der Waals surface area contributed by atoms with Crippen molar-refractivity contribution in [2.24, 2.45) is 0 Å². The van der Waals surface area contributed by atoms with Crippen LogP contribution in [0.1, 0.15) is 30.4 Å². The van der Waals surface area contributed by atoms with E-state index in [9.17, 15) is 0 Å². The molecule has 1 saturated heterocycles. The second-order valence-electron chi connectivity index (χ2n) is 7.30.